The van der Waals surface area contributed by atoms with Crippen molar-refractivity contribution in [2.75, 3.05) is 0 Å². The number of fused-ring (bicyclic) bond motifs is 4. The molecule has 0 saturated heterocycles. The summed E-state index contributed by atoms with van der Waals surface area (Å²) in [5.41, 5.74) is 2.56. The number of hydrogen-bond donors (Lipinski definition) is 0. The van der Waals surface area contributed by atoms with E-state index in [0.29, 0.717) is 24.4 Å². The topological polar surface area (TPSA) is 34.1 Å². The highest BCUT2D eigenvalue weighted by atomic mass is 16.1. The van der Waals surface area contributed by atoms with Gasteiger partial charge in [-0.3, -0.25) is 9.59 Å². The van der Waals surface area contributed by atoms with E-state index in [-0.39, 0.29) is 27.6 Å². The zero-order valence-electron chi connectivity index (χ0n) is 22.2. The summed E-state index contributed by atoms with van der Waals surface area (Å²) in [4.78, 5) is 26.7. The van der Waals surface area contributed by atoms with E-state index < -0.39 is 0 Å². The summed E-state index contributed by atoms with van der Waals surface area (Å²) in [5, 5.41) is 0. The predicted molar refractivity (Wildman–Crippen MR) is 132 cm³/mol. The third-order valence-electron chi connectivity index (χ3n) is 11.5. The van der Waals surface area contributed by atoms with Crippen LogP contribution >= 0.6 is 0 Å². The summed E-state index contributed by atoms with van der Waals surface area (Å²) < 4.78 is 0. The van der Waals surface area contributed by atoms with E-state index in [1.807, 2.05) is 0 Å². The number of ketones is 2. The standard InChI is InChI=1S/C30H48O2/c1-19(2)10-9-11-20(3)21-12-17-30(8)26-22(13-16-29(21,30)7)28(6)15-14-25(32)27(4,5)24(28)18-23(26)31/h19-21,24H,9-18H2,1-8H3/t20-,21-,24+,28-,29+,30-/m1/s1. The molecule has 180 valence electrons. The zero-order valence-corrected chi connectivity index (χ0v) is 22.2. The number of rotatable bonds is 5. The molecule has 2 saturated carbocycles. The highest BCUT2D eigenvalue weighted by molar-refractivity contribution is 6.00. The molecule has 0 N–H and O–H groups in total. The molecule has 0 amide bonds. The fraction of sp³-hybridized carbons (Fsp3) is 0.867. The number of Topliss-reactive ketones (excluding diaryl/α,β-unsaturated/α-hetero) is 2. The van der Waals surface area contributed by atoms with Gasteiger partial charge >= 0.3 is 0 Å². The van der Waals surface area contributed by atoms with Crippen LogP contribution in [0.15, 0.2) is 11.1 Å². The molecule has 0 aromatic rings. The second kappa shape index (κ2) is 7.81. The second-order valence-electron chi connectivity index (χ2n) is 13.8. The lowest BCUT2D eigenvalue weighted by Gasteiger charge is -2.60. The maximum absolute atomic E-state index is 13.9. The van der Waals surface area contributed by atoms with E-state index in [1.165, 1.54) is 43.3 Å². The van der Waals surface area contributed by atoms with Gasteiger partial charge in [0.2, 0.25) is 0 Å². The monoisotopic (exact) mass is 440 g/mol. The molecule has 0 aromatic carbocycles. The molecule has 2 nitrogen and oxygen atoms in total. The van der Waals surface area contributed by atoms with Gasteiger partial charge in [0.15, 0.2) is 5.78 Å². The van der Waals surface area contributed by atoms with Crippen LogP contribution < -0.4 is 0 Å². The fourth-order valence-electron chi connectivity index (χ4n) is 9.17. The first-order chi connectivity index (χ1) is 14.8. The van der Waals surface area contributed by atoms with E-state index in [2.05, 4.69) is 55.4 Å². The van der Waals surface area contributed by atoms with Crippen LogP contribution in [0.1, 0.15) is 120 Å². The van der Waals surface area contributed by atoms with E-state index in [1.54, 1.807) is 0 Å². The Hall–Kier alpha value is -0.920. The van der Waals surface area contributed by atoms with Crippen LogP contribution in [0.5, 0.6) is 0 Å². The van der Waals surface area contributed by atoms with Crippen molar-refractivity contribution in [2.45, 2.75) is 120 Å². The fourth-order valence-corrected chi connectivity index (χ4v) is 9.17. The van der Waals surface area contributed by atoms with Crippen molar-refractivity contribution >= 4 is 11.6 Å². The van der Waals surface area contributed by atoms with Crippen LogP contribution in [0.4, 0.5) is 0 Å². The van der Waals surface area contributed by atoms with Gasteiger partial charge in [-0.1, -0.05) is 80.2 Å². The van der Waals surface area contributed by atoms with E-state index in [9.17, 15) is 9.59 Å². The summed E-state index contributed by atoms with van der Waals surface area (Å²) in [5.74, 6) is 3.15. The Labute approximate surface area is 197 Å². The Balaban J connectivity index is 1.69. The van der Waals surface area contributed by atoms with Crippen LogP contribution in [0.2, 0.25) is 0 Å². The van der Waals surface area contributed by atoms with Gasteiger partial charge in [-0.05, 0) is 66.6 Å². The highest BCUT2D eigenvalue weighted by Crippen LogP contribution is 2.71. The maximum atomic E-state index is 13.9. The van der Waals surface area contributed by atoms with Crippen LogP contribution in [0.25, 0.3) is 0 Å². The molecule has 0 unspecified atom stereocenters. The largest absolute Gasteiger partial charge is 0.299 e. The summed E-state index contributed by atoms with van der Waals surface area (Å²) in [6.07, 6.45) is 10.9. The number of carbonyl (C=O) groups is 2. The van der Waals surface area contributed by atoms with Crippen molar-refractivity contribution < 1.29 is 9.59 Å². The first kappa shape index (κ1) is 24.2. The molecule has 0 spiro atoms. The molecule has 4 aliphatic carbocycles. The van der Waals surface area contributed by atoms with Crippen molar-refractivity contribution in [2.24, 2.45) is 45.3 Å². The van der Waals surface area contributed by atoms with Crippen LogP contribution in [0, 0.1) is 45.3 Å². The lowest BCUT2D eigenvalue weighted by Crippen LogP contribution is -2.56. The lowest BCUT2D eigenvalue weighted by atomic mass is 9.43. The van der Waals surface area contributed by atoms with Crippen molar-refractivity contribution in [1.29, 1.82) is 0 Å². The molecule has 0 radical (unpaired) electrons. The van der Waals surface area contributed by atoms with Gasteiger partial charge in [-0.25, -0.2) is 0 Å². The molecule has 4 rings (SSSR count). The summed E-state index contributed by atoms with van der Waals surface area (Å²) in [6.45, 7) is 18.7. The Kier molecular flexibility index (Phi) is 5.91. The van der Waals surface area contributed by atoms with Crippen molar-refractivity contribution in [3.05, 3.63) is 11.1 Å². The van der Waals surface area contributed by atoms with Crippen molar-refractivity contribution in [3.8, 4) is 0 Å². The molecule has 0 aromatic heterocycles. The minimum absolute atomic E-state index is 0.00815. The highest BCUT2D eigenvalue weighted by Gasteiger charge is 2.65. The van der Waals surface area contributed by atoms with E-state index in [4.69, 9.17) is 0 Å². The minimum atomic E-state index is -0.383. The Morgan fingerprint density at radius 2 is 1.59 bits per heavy atom. The Morgan fingerprint density at radius 3 is 2.25 bits per heavy atom. The molecular formula is C30H48O2. The molecular weight excluding hydrogens is 392 g/mol. The summed E-state index contributed by atoms with van der Waals surface area (Å²) in [6, 6.07) is 0. The maximum Gasteiger partial charge on any atom is 0.159 e. The molecule has 0 aliphatic heterocycles. The molecule has 6 atom stereocenters. The average molecular weight is 441 g/mol. The molecule has 0 heterocycles. The summed E-state index contributed by atoms with van der Waals surface area (Å²) >= 11 is 0. The second-order valence-corrected chi connectivity index (χ2v) is 13.8. The van der Waals surface area contributed by atoms with E-state index in [0.717, 1.165) is 37.0 Å². The molecule has 32 heavy (non-hydrogen) atoms. The molecule has 4 aliphatic rings. The van der Waals surface area contributed by atoms with Gasteiger partial charge in [-0.2, -0.15) is 0 Å². The smallest absolute Gasteiger partial charge is 0.159 e. The molecule has 2 fully saturated rings. The molecule has 2 heteroatoms. The SMILES string of the molecule is CC(C)CCC[C@@H](C)[C@H]1CC[C@]2(C)C3=C(CC[C@@]12C)[C@@]1(C)CCC(=O)C(C)(C)[C@@H]1CC3=O. The van der Waals surface area contributed by atoms with Gasteiger partial charge in [-0.15, -0.1) is 0 Å². The number of allylic oxidation sites excluding steroid dienone is 2. The molecule has 0 bridgehead atoms. The van der Waals surface area contributed by atoms with Gasteiger partial charge < -0.3 is 0 Å². The first-order valence-electron chi connectivity index (χ1n) is 13.6. The zero-order chi connectivity index (χ0) is 23.7. The Morgan fingerprint density at radius 1 is 0.906 bits per heavy atom. The van der Waals surface area contributed by atoms with Gasteiger partial charge in [0.1, 0.15) is 5.78 Å². The minimum Gasteiger partial charge on any atom is -0.299 e. The van der Waals surface area contributed by atoms with Crippen molar-refractivity contribution in [1.82, 2.24) is 0 Å². The first-order valence-corrected chi connectivity index (χ1v) is 13.6. The normalized spacial score (nSPS) is 42.0. The van der Waals surface area contributed by atoms with Gasteiger partial charge in [0.25, 0.3) is 0 Å². The number of carbonyl (C=O) groups excluding carboxylic acids is 2. The van der Waals surface area contributed by atoms with Gasteiger partial charge in [0.05, 0.1) is 0 Å². The van der Waals surface area contributed by atoms with Crippen LogP contribution in [-0.4, -0.2) is 11.6 Å². The Bertz CT molecular complexity index is 832. The third-order valence-corrected chi connectivity index (χ3v) is 11.5. The van der Waals surface area contributed by atoms with Crippen molar-refractivity contribution in [3.63, 3.8) is 0 Å². The van der Waals surface area contributed by atoms with E-state index >= 15 is 0 Å². The predicted octanol–water partition coefficient (Wildman–Crippen LogP) is 7.95. The van der Waals surface area contributed by atoms with Crippen LogP contribution in [-0.2, 0) is 9.59 Å². The van der Waals surface area contributed by atoms with Gasteiger partial charge in [0, 0.05) is 29.2 Å². The summed E-state index contributed by atoms with van der Waals surface area (Å²) in [7, 11) is 0. The average Bonchev–Trinajstić information content (AvgIpc) is 2.98. The number of hydrogen-bond acceptors (Lipinski definition) is 2. The lowest BCUT2D eigenvalue weighted by molar-refractivity contribution is -0.142. The quantitative estimate of drug-likeness (QED) is 0.434. The third kappa shape index (κ3) is 3.24. The van der Waals surface area contributed by atoms with Crippen LogP contribution in [0.3, 0.4) is 0 Å².